The maximum Gasteiger partial charge on any atom is 0.213 e. The van der Waals surface area contributed by atoms with Crippen molar-refractivity contribution >= 4 is 39.0 Å². The Morgan fingerprint density at radius 1 is 1.26 bits per heavy atom. The number of benzene rings is 1. The van der Waals surface area contributed by atoms with E-state index in [0.717, 1.165) is 11.3 Å². The Hall–Kier alpha value is -2.45. The van der Waals surface area contributed by atoms with Gasteiger partial charge < -0.3 is 0 Å². The molecule has 0 amide bonds. The van der Waals surface area contributed by atoms with Crippen LogP contribution >= 0.6 is 11.8 Å². The molecule has 0 aliphatic heterocycles. The van der Waals surface area contributed by atoms with Gasteiger partial charge in [0, 0.05) is 24.5 Å². The average Bonchev–Trinajstić information content (AvgIpc) is 3.06. The summed E-state index contributed by atoms with van der Waals surface area (Å²) >= 11 is 1.29. The molecule has 0 saturated heterocycles. The Kier molecular flexibility index (Phi) is 5.48. The van der Waals surface area contributed by atoms with Gasteiger partial charge >= 0.3 is 0 Å². The van der Waals surface area contributed by atoms with Crippen LogP contribution in [0.2, 0.25) is 0 Å². The molecule has 6 nitrogen and oxygen atoms in total. The third kappa shape index (κ3) is 3.42. The fourth-order valence-electron chi connectivity index (χ4n) is 2.79. The number of fused-ring (bicyclic) bond motifs is 1. The summed E-state index contributed by atoms with van der Waals surface area (Å²) in [5, 5.41) is 4.91. The van der Waals surface area contributed by atoms with E-state index in [-0.39, 0.29) is 9.79 Å². The van der Waals surface area contributed by atoms with E-state index < -0.39 is 9.84 Å². The van der Waals surface area contributed by atoms with Gasteiger partial charge in [-0.05, 0) is 38.3 Å². The molecule has 3 aromatic rings. The molecule has 0 aliphatic carbocycles. The van der Waals surface area contributed by atoms with Gasteiger partial charge in [-0.2, -0.15) is 5.10 Å². The van der Waals surface area contributed by atoms with Gasteiger partial charge in [0.2, 0.25) is 9.84 Å². The quantitative estimate of drug-likeness (QED) is 0.482. The maximum absolute atomic E-state index is 13.3. The third-order valence-corrected chi connectivity index (χ3v) is 6.69. The molecule has 0 N–H and O–H groups in total. The number of allylic oxidation sites excluding steroid dienone is 2. The van der Waals surface area contributed by atoms with Gasteiger partial charge in [-0.25, -0.2) is 17.9 Å². The van der Waals surface area contributed by atoms with Gasteiger partial charge in [-0.1, -0.05) is 24.3 Å². The summed E-state index contributed by atoms with van der Waals surface area (Å²) in [6.07, 6.45) is 5.40. The van der Waals surface area contributed by atoms with Crippen molar-refractivity contribution in [1.29, 1.82) is 0 Å². The van der Waals surface area contributed by atoms with Crippen molar-refractivity contribution in [2.24, 2.45) is 4.99 Å². The molecule has 0 spiro atoms. The zero-order valence-corrected chi connectivity index (χ0v) is 17.2. The Bertz CT molecular complexity index is 1150. The van der Waals surface area contributed by atoms with Gasteiger partial charge in [-0.15, -0.1) is 11.8 Å². The van der Waals surface area contributed by atoms with Crippen LogP contribution in [0.4, 0.5) is 0 Å². The number of hydrogen-bond acceptors (Lipinski definition) is 6. The smallest absolute Gasteiger partial charge is 0.213 e. The highest BCUT2D eigenvalue weighted by atomic mass is 32.2. The third-order valence-electron chi connectivity index (χ3n) is 4.09. The predicted octanol–water partition coefficient (Wildman–Crippen LogP) is 3.70. The molecule has 3 rings (SSSR count). The number of thioether (sulfide) groups is 1. The van der Waals surface area contributed by atoms with Crippen LogP contribution in [0.25, 0.3) is 11.2 Å². The Labute approximate surface area is 163 Å². The number of nitrogens with zero attached hydrogens (tertiary/aromatic N) is 4. The van der Waals surface area contributed by atoms with E-state index in [2.05, 4.69) is 15.1 Å². The first kappa shape index (κ1) is 19.3. The molecule has 2 heterocycles. The molecule has 1 aromatic carbocycles. The van der Waals surface area contributed by atoms with Gasteiger partial charge in [0.05, 0.1) is 10.6 Å². The topological polar surface area (TPSA) is 76.7 Å². The molecule has 0 aliphatic rings. The summed E-state index contributed by atoms with van der Waals surface area (Å²) in [4.78, 5) is 9.05. The highest BCUT2D eigenvalue weighted by Crippen LogP contribution is 2.33. The van der Waals surface area contributed by atoms with Gasteiger partial charge in [-0.3, -0.25) is 4.99 Å². The zero-order chi connectivity index (χ0) is 19.6. The van der Waals surface area contributed by atoms with Crippen LogP contribution in [0.15, 0.2) is 62.3 Å². The molecule has 0 saturated carbocycles. The lowest BCUT2D eigenvalue weighted by atomic mass is 10.1. The minimum Gasteiger partial charge on any atom is -0.296 e. The van der Waals surface area contributed by atoms with Crippen LogP contribution in [0.5, 0.6) is 0 Å². The first-order chi connectivity index (χ1) is 12.9. The van der Waals surface area contributed by atoms with Crippen LogP contribution < -0.4 is 0 Å². The van der Waals surface area contributed by atoms with Gasteiger partial charge in [0.25, 0.3) is 0 Å². The summed E-state index contributed by atoms with van der Waals surface area (Å²) in [5.74, 6) is 0. The Balaban J connectivity index is 2.37. The molecule has 2 aromatic heterocycles. The van der Waals surface area contributed by atoms with E-state index in [4.69, 9.17) is 0 Å². The Morgan fingerprint density at radius 2 is 1.96 bits per heavy atom. The Morgan fingerprint density at radius 3 is 2.56 bits per heavy atom. The highest BCUT2D eigenvalue weighted by Gasteiger charge is 2.29. The van der Waals surface area contributed by atoms with Crippen molar-refractivity contribution < 1.29 is 8.42 Å². The molecule has 0 radical (unpaired) electrons. The zero-order valence-electron chi connectivity index (χ0n) is 15.5. The predicted molar refractivity (Wildman–Crippen MR) is 109 cm³/mol. The summed E-state index contributed by atoms with van der Waals surface area (Å²) in [6, 6.07) is 10.2. The SMILES string of the molecule is CC=C(C=NC)c1cc(C)n2nc(SC)c(S(=O)(=O)c3ccccc3)c2n1. The number of aromatic nitrogens is 3. The summed E-state index contributed by atoms with van der Waals surface area (Å²) in [7, 11) is -2.08. The lowest BCUT2D eigenvalue weighted by Crippen LogP contribution is -2.05. The molecule has 0 unspecified atom stereocenters. The lowest BCUT2D eigenvalue weighted by Gasteiger charge is -2.07. The van der Waals surface area contributed by atoms with Crippen LogP contribution in [0.3, 0.4) is 0 Å². The van der Waals surface area contributed by atoms with E-state index >= 15 is 0 Å². The molecule has 8 heteroatoms. The van der Waals surface area contributed by atoms with Crippen LogP contribution in [0, 0.1) is 6.92 Å². The van der Waals surface area contributed by atoms with Crippen LogP contribution in [-0.2, 0) is 9.84 Å². The van der Waals surface area contributed by atoms with Crippen molar-refractivity contribution in [3.8, 4) is 0 Å². The second kappa shape index (κ2) is 7.66. The lowest BCUT2D eigenvalue weighted by molar-refractivity contribution is 0.594. The largest absolute Gasteiger partial charge is 0.296 e. The first-order valence-electron chi connectivity index (χ1n) is 8.27. The number of hydrogen-bond donors (Lipinski definition) is 0. The summed E-state index contributed by atoms with van der Waals surface area (Å²) in [6.45, 7) is 3.77. The minimum absolute atomic E-state index is 0.134. The van der Waals surface area contributed by atoms with Crippen LogP contribution in [-0.4, -0.2) is 42.5 Å². The first-order valence-corrected chi connectivity index (χ1v) is 11.0. The number of sulfone groups is 1. The highest BCUT2D eigenvalue weighted by molar-refractivity contribution is 7.99. The van der Waals surface area contributed by atoms with E-state index in [1.54, 1.807) is 48.1 Å². The van der Waals surface area contributed by atoms with Crippen molar-refractivity contribution in [1.82, 2.24) is 14.6 Å². The van der Waals surface area contributed by atoms with Crippen LogP contribution in [0.1, 0.15) is 18.3 Å². The standard InChI is InChI=1S/C19H20N4O2S2/c1-5-14(12-20-3)16-11-13(2)23-18(21-16)17(19(22-23)26-4)27(24,25)15-9-7-6-8-10-15/h5-12H,1-4H3. The van der Waals surface area contributed by atoms with E-state index in [0.29, 0.717) is 16.4 Å². The molecule has 0 bridgehead atoms. The number of aryl methyl sites for hydroxylation is 1. The minimum atomic E-state index is -3.76. The fraction of sp³-hybridized carbons (Fsp3) is 0.211. The van der Waals surface area contributed by atoms with E-state index in [9.17, 15) is 8.42 Å². The normalized spacial score (nSPS) is 13.0. The maximum atomic E-state index is 13.3. The number of aliphatic imine (C=N–C) groups is 1. The molecular formula is C19H20N4O2S2. The average molecular weight is 401 g/mol. The molecule has 0 atom stereocenters. The second-order valence-corrected chi connectivity index (χ2v) is 8.49. The molecular weight excluding hydrogens is 380 g/mol. The monoisotopic (exact) mass is 400 g/mol. The molecule has 0 fully saturated rings. The fourth-order valence-corrected chi connectivity index (χ4v) is 5.20. The van der Waals surface area contributed by atoms with Crippen molar-refractivity contribution in [2.75, 3.05) is 13.3 Å². The molecule has 27 heavy (non-hydrogen) atoms. The van der Waals surface area contributed by atoms with Gasteiger partial charge in [0.1, 0.15) is 5.03 Å². The van der Waals surface area contributed by atoms with E-state index in [1.807, 2.05) is 32.2 Å². The van der Waals surface area contributed by atoms with Crippen molar-refractivity contribution in [2.45, 2.75) is 28.7 Å². The van der Waals surface area contributed by atoms with Gasteiger partial charge in [0.15, 0.2) is 10.5 Å². The number of rotatable bonds is 5. The van der Waals surface area contributed by atoms with Crippen molar-refractivity contribution in [3.05, 3.63) is 53.9 Å². The van der Waals surface area contributed by atoms with Crippen molar-refractivity contribution in [3.63, 3.8) is 0 Å². The molecule has 140 valence electrons. The van der Waals surface area contributed by atoms with E-state index in [1.165, 1.54) is 11.8 Å². The summed E-state index contributed by atoms with van der Waals surface area (Å²) in [5.41, 5.74) is 2.59. The second-order valence-electron chi connectivity index (χ2n) is 5.80. The summed E-state index contributed by atoms with van der Waals surface area (Å²) < 4.78 is 28.2.